The highest BCUT2D eigenvalue weighted by Crippen LogP contribution is 2.32. The number of nitro benzene ring substituents is 1. The number of hydrogen-bond acceptors (Lipinski definition) is 4. The lowest BCUT2D eigenvalue weighted by Gasteiger charge is -2.13. The van der Waals surface area contributed by atoms with Crippen LogP contribution in [0.2, 0.25) is 0 Å². The molecule has 0 aromatic heterocycles. The van der Waals surface area contributed by atoms with E-state index in [1.54, 1.807) is 12.1 Å². The third kappa shape index (κ3) is 2.49. The van der Waals surface area contributed by atoms with Crippen molar-refractivity contribution in [3.63, 3.8) is 0 Å². The summed E-state index contributed by atoms with van der Waals surface area (Å²) in [6.07, 6.45) is 0. The Morgan fingerprint density at radius 2 is 1.68 bits per heavy atom. The topological polar surface area (TPSA) is 89.5 Å². The van der Waals surface area contributed by atoms with Crippen LogP contribution in [0.15, 0.2) is 48.5 Å². The fourth-order valence-corrected chi connectivity index (χ4v) is 1.62. The van der Waals surface area contributed by atoms with Gasteiger partial charge in [0, 0.05) is 12.1 Å². The molecular weight excluding hydrogens is 250 g/mol. The van der Waals surface area contributed by atoms with Crippen LogP contribution in [0.4, 0.5) is 17.1 Å². The third-order valence-corrected chi connectivity index (χ3v) is 2.39. The lowest BCUT2D eigenvalue weighted by molar-refractivity contribution is -0.484. The summed E-state index contributed by atoms with van der Waals surface area (Å²) in [5, 5.41) is 22.0. The summed E-state index contributed by atoms with van der Waals surface area (Å²) in [6.45, 7) is 0. The number of nitrogens with zero attached hydrogens (tertiary/aromatic N) is 3. The second-order valence-corrected chi connectivity index (χ2v) is 3.54. The zero-order valence-corrected chi connectivity index (χ0v) is 9.59. The number of hydrazine groups is 1. The molecule has 0 heterocycles. The second-order valence-electron chi connectivity index (χ2n) is 3.54. The Hall–Kier alpha value is -2.96. The molecule has 7 nitrogen and oxygen atoms in total. The van der Waals surface area contributed by atoms with Crippen molar-refractivity contribution in [2.45, 2.75) is 0 Å². The minimum atomic E-state index is -0.714. The van der Waals surface area contributed by atoms with Crippen molar-refractivity contribution in [1.29, 1.82) is 0 Å². The molecule has 0 fully saturated rings. The van der Waals surface area contributed by atoms with Crippen LogP contribution in [0.5, 0.6) is 0 Å². The molecule has 0 saturated heterocycles. The highest BCUT2D eigenvalue weighted by molar-refractivity contribution is 5.69. The van der Waals surface area contributed by atoms with Crippen LogP contribution in [0.25, 0.3) is 0 Å². The summed E-state index contributed by atoms with van der Waals surface area (Å²) in [7, 11) is 0. The number of rotatable bonds is 4. The summed E-state index contributed by atoms with van der Waals surface area (Å²) in [4.78, 5) is 21.4. The Morgan fingerprint density at radius 3 is 2.26 bits per heavy atom. The average molecular weight is 258 g/mol. The van der Waals surface area contributed by atoms with Gasteiger partial charge < -0.3 is 0 Å². The molecule has 7 heteroatoms. The van der Waals surface area contributed by atoms with E-state index in [9.17, 15) is 20.2 Å². The first-order chi connectivity index (χ1) is 9.11. The van der Waals surface area contributed by atoms with Gasteiger partial charge in [-0.25, -0.2) is 10.1 Å². The van der Waals surface area contributed by atoms with Crippen molar-refractivity contribution in [3.8, 4) is 0 Å². The molecule has 0 N–H and O–H groups in total. The molecule has 0 bridgehead atoms. The summed E-state index contributed by atoms with van der Waals surface area (Å²) in [5.74, 6) is 0. The largest absolute Gasteiger partial charge is 0.299 e. The third-order valence-electron chi connectivity index (χ3n) is 2.39. The van der Waals surface area contributed by atoms with Gasteiger partial charge in [0.05, 0.1) is 4.92 Å². The van der Waals surface area contributed by atoms with E-state index in [0.717, 1.165) is 0 Å². The number of hydrogen-bond donors (Lipinski definition) is 0. The molecule has 0 aliphatic carbocycles. The van der Waals surface area contributed by atoms with Crippen molar-refractivity contribution < 1.29 is 9.96 Å². The van der Waals surface area contributed by atoms with Crippen LogP contribution in [-0.4, -0.2) is 9.96 Å². The Bertz CT molecular complexity index is 615. The number of para-hydroxylation sites is 3. The van der Waals surface area contributed by atoms with Crippen molar-refractivity contribution in [2.24, 2.45) is 0 Å². The summed E-state index contributed by atoms with van der Waals surface area (Å²) in [5.41, 5.74) is -0.321. The summed E-state index contributed by atoms with van der Waals surface area (Å²) >= 11 is 0. The van der Waals surface area contributed by atoms with Crippen LogP contribution >= 0.6 is 0 Å². The molecule has 0 atom stereocenters. The Morgan fingerprint density at radius 1 is 1.00 bits per heavy atom. The van der Waals surface area contributed by atoms with Crippen LogP contribution in [0, 0.1) is 26.3 Å². The van der Waals surface area contributed by atoms with E-state index < -0.39 is 9.96 Å². The summed E-state index contributed by atoms with van der Waals surface area (Å²) < 4.78 is 0. The second kappa shape index (κ2) is 5.13. The molecule has 19 heavy (non-hydrogen) atoms. The molecule has 2 rings (SSSR count). The molecule has 0 amide bonds. The molecule has 95 valence electrons. The van der Waals surface area contributed by atoms with E-state index in [1.807, 2.05) is 0 Å². The number of benzene rings is 2. The summed E-state index contributed by atoms with van der Waals surface area (Å²) in [6, 6.07) is 14.4. The van der Waals surface area contributed by atoms with E-state index in [4.69, 9.17) is 0 Å². The molecule has 0 unspecified atom stereocenters. The molecule has 0 spiro atoms. The fraction of sp³-hybridized carbons (Fsp3) is 0. The molecule has 0 aliphatic rings. The molecule has 0 saturated carbocycles. The van der Waals surface area contributed by atoms with Crippen LogP contribution < -0.4 is 5.01 Å². The number of anilines is 2. The first kappa shape index (κ1) is 12.5. The van der Waals surface area contributed by atoms with E-state index in [1.165, 1.54) is 36.4 Å². The highest BCUT2D eigenvalue weighted by atomic mass is 16.7. The Kier molecular flexibility index (Phi) is 3.37. The molecule has 2 aromatic carbocycles. The van der Waals surface area contributed by atoms with Gasteiger partial charge in [0.1, 0.15) is 5.69 Å². The van der Waals surface area contributed by atoms with Gasteiger partial charge in [-0.05, 0) is 12.1 Å². The SMILES string of the molecule is O=[N+]([O-])c1ccccc1N(c1[c]cccc1)[N+](=O)[O-]. The zero-order valence-electron chi connectivity index (χ0n) is 9.59. The highest BCUT2D eigenvalue weighted by Gasteiger charge is 2.28. The van der Waals surface area contributed by atoms with Gasteiger partial charge in [-0.3, -0.25) is 10.1 Å². The van der Waals surface area contributed by atoms with Gasteiger partial charge in [-0.1, -0.05) is 35.3 Å². The maximum Gasteiger partial charge on any atom is 0.299 e. The number of nitro groups is 2. The first-order valence-corrected chi connectivity index (χ1v) is 5.26. The molecular formula is C12H8N3O4. The standard InChI is InChI=1S/C12H8N3O4/c16-14(17)12-9-5-4-8-11(12)13(15(18)19)10-6-2-1-3-7-10/h1-6,8-9H. The monoisotopic (exact) mass is 258 g/mol. The van der Waals surface area contributed by atoms with E-state index >= 15 is 0 Å². The first-order valence-electron chi connectivity index (χ1n) is 5.26. The fourth-order valence-electron chi connectivity index (χ4n) is 1.62. The van der Waals surface area contributed by atoms with Crippen LogP contribution in [0.1, 0.15) is 0 Å². The lowest BCUT2D eigenvalue weighted by Crippen LogP contribution is -2.25. The minimum absolute atomic E-state index is 0.111. The Labute approximate surface area is 108 Å². The Balaban J connectivity index is 2.59. The van der Waals surface area contributed by atoms with Gasteiger partial charge in [-0.2, -0.15) is 0 Å². The van der Waals surface area contributed by atoms with Gasteiger partial charge in [0.25, 0.3) is 5.69 Å². The van der Waals surface area contributed by atoms with Crippen molar-refractivity contribution >= 4 is 17.1 Å². The van der Waals surface area contributed by atoms with Gasteiger partial charge in [0.2, 0.25) is 0 Å². The molecule has 1 radical (unpaired) electrons. The van der Waals surface area contributed by atoms with Gasteiger partial charge >= 0.3 is 0 Å². The minimum Gasteiger partial charge on any atom is -0.258 e. The molecule has 0 aliphatic heterocycles. The quantitative estimate of drug-likeness (QED) is 0.621. The predicted molar refractivity (Wildman–Crippen MR) is 67.5 cm³/mol. The van der Waals surface area contributed by atoms with Crippen molar-refractivity contribution in [2.75, 3.05) is 5.01 Å². The predicted octanol–water partition coefficient (Wildman–Crippen LogP) is 2.72. The smallest absolute Gasteiger partial charge is 0.258 e. The van der Waals surface area contributed by atoms with E-state index in [-0.39, 0.29) is 17.1 Å². The lowest BCUT2D eigenvalue weighted by atomic mass is 10.2. The van der Waals surface area contributed by atoms with Crippen LogP contribution in [0.3, 0.4) is 0 Å². The maximum absolute atomic E-state index is 11.2. The van der Waals surface area contributed by atoms with Crippen molar-refractivity contribution in [3.05, 3.63) is 74.8 Å². The van der Waals surface area contributed by atoms with E-state index in [2.05, 4.69) is 6.07 Å². The zero-order chi connectivity index (χ0) is 13.8. The van der Waals surface area contributed by atoms with Crippen LogP contribution in [-0.2, 0) is 0 Å². The van der Waals surface area contributed by atoms with E-state index in [0.29, 0.717) is 5.01 Å². The van der Waals surface area contributed by atoms with Gasteiger partial charge in [-0.15, -0.1) is 0 Å². The normalized spacial score (nSPS) is 9.89. The average Bonchev–Trinajstić information content (AvgIpc) is 2.40. The molecule has 2 aromatic rings. The maximum atomic E-state index is 11.2. The van der Waals surface area contributed by atoms with Crippen molar-refractivity contribution in [1.82, 2.24) is 0 Å². The van der Waals surface area contributed by atoms with Gasteiger partial charge in [0.15, 0.2) is 10.7 Å².